The molecule has 0 radical (unpaired) electrons. The highest BCUT2D eigenvalue weighted by molar-refractivity contribution is 6.59. The van der Waals surface area contributed by atoms with Crippen LogP contribution in [0.5, 0.6) is 0 Å². The molecule has 0 saturated heterocycles. The van der Waals surface area contributed by atoms with Crippen LogP contribution >= 0.6 is 0 Å². The first-order chi connectivity index (χ1) is 9.34. The van der Waals surface area contributed by atoms with Gasteiger partial charge in [0.25, 0.3) is 0 Å². The van der Waals surface area contributed by atoms with E-state index in [1.807, 2.05) is 0 Å². The first kappa shape index (κ1) is 17.3. The van der Waals surface area contributed by atoms with Gasteiger partial charge in [0.15, 0.2) is 0 Å². The van der Waals surface area contributed by atoms with Crippen LogP contribution in [0.4, 0.5) is 32.0 Å². The van der Waals surface area contributed by atoms with Crippen molar-refractivity contribution < 1.29 is 41.2 Å². The summed E-state index contributed by atoms with van der Waals surface area (Å²) in [4.78, 5) is 10.8. The standard InChI is InChI=1S/C10H8BF6NO3/c1-4(19)18-8-3-7(11(20)21)5(9(12,13)14)2-6(8)10(15,16)17/h2-3,20-21H,1H3,(H,18,19). The van der Waals surface area contributed by atoms with Gasteiger partial charge in [0, 0.05) is 6.92 Å². The van der Waals surface area contributed by atoms with E-state index in [9.17, 15) is 31.1 Å². The molecule has 0 aromatic heterocycles. The van der Waals surface area contributed by atoms with E-state index in [-0.39, 0.29) is 12.1 Å². The number of anilines is 1. The van der Waals surface area contributed by atoms with Crippen LogP contribution in [0.2, 0.25) is 0 Å². The van der Waals surface area contributed by atoms with Gasteiger partial charge in [0.1, 0.15) is 0 Å². The maximum absolute atomic E-state index is 12.8. The molecule has 0 heterocycles. The molecule has 0 fully saturated rings. The third kappa shape index (κ3) is 4.11. The minimum Gasteiger partial charge on any atom is -0.423 e. The van der Waals surface area contributed by atoms with Gasteiger partial charge in [-0.1, -0.05) is 0 Å². The Labute approximate surface area is 114 Å². The number of nitrogens with one attached hydrogen (secondary N) is 1. The van der Waals surface area contributed by atoms with Crippen LogP contribution in [-0.2, 0) is 17.1 Å². The third-order valence-corrected chi connectivity index (χ3v) is 2.39. The highest BCUT2D eigenvalue weighted by Crippen LogP contribution is 2.38. The number of amides is 1. The molecule has 0 saturated carbocycles. The average molecular weight is 315 g/mol. The SMILES string of the molecule is CC(=O)Nc1cc(B(O)O)c(C(F)(F)F)cc1C(F)(F)F. The van der Waals surface area contributed by atoms with E-state index in [4.69, 9.17) is 10.0 Å². The minimum absolute atomic E-state index is 0.234. The smallest absolute Gasteiger partial charge is 0.423 e. The van der Waals surface area contributed by atoms with Crippen LogP contribution in [0, 0.1) is 0 Å². The lowest BCUT2D eigenvalue weighted by Crippen LogP contribution is -2.37. The van der Waals surface area contributed by atoms with Crippen LogP contribution in [0.25, 0.3) is 0 Å². The van der Waals surface area contributed by atoms with E-state index in [1.54, 1.807) is 5.32 Å². The number of carbonyl (C=O) groups excluding carboxylic acids is 1. The fourth-order valence-electron chi connectivity index (χ4n) is 1.60. The van der Waals surface area contributed by atoms with E-state index >= 15 is 0 Å². The molecule has 116 valence electrons. The number of alkyl halides is 6. The summed E-state index contributed by atoms with van der Waals surface area (Å²) in [6.07, 6.45) is -10.4. The summed E-state index contributed by atoms with van der Waals surface area (Å²) in [6.45, 7) is 0.854. The molecule has 0 aliphatic rings. The van der Waals surface area contributed by atoms with E-state index in [1.165, 1.54) is 0 Å². The molecule has 1 aromatic rings. The predicted octanol–water partition coefficient (Wildman–Crippen LogP) is 1.36. The lowest BCUT2D eigenvalue weighted by molar-refractivity contribution is -0.142. The van der Waals surface area contributed by atoms with Gasteiger partial charge in [-0.25, -0.2) is 0 Å². The van der Waals surface area contributed by atoms with Crippen molar-refractivity contribution in [2.45, 2.75) is 19.3 Å². The second-order valence-corrected chi connectivity index (χ2v) is 4.04. The summed E-state index contributed by atoms with van der Waals surface area (Å²) < 4.78 is 76.4. The zero-order valence-electron chi connectivity index (χ0n) is 10.3. The monoisotopic (exact) mass is 315 g/mol. The molecular formula is C10H8BF6NO3. The summed E-state index contributed by atoms with van der Waals surface area (Å²) in [5.74, 6) is -0.960. The fraction of sp³-hybridized carbons (Fsp3) is 0.300. The van der Waals surface area contributed by atoms with E-state index in [0.29, 0.717) is 0 Å². The Balaban J connectivity index is 3.66. The van der Waals surface area contributed by atoms with E-state index < -0.39 is 47.7 Å². The molecule has 4 nitrogen and oxygen atoms in total. The zero-order valence-corrected chi connectivity index (χ0v) is 10.3. The van der Waals surface area contributed by atoms with Crippen molar-refractivity contribution in [2.75, 3.05) is 5.32 Å². The van der Waals surface area contributed by atoms with Crippen molar-refractivity contribution in [3.63, 3.8) is 0 Å². The Morgan fingerprint density at radius 1 is 1.05 bits per heavy atom. The second kappa shape index (κ2) is 5.56. The van der Waals surface area contributed by atoms with Crippen molar-refractivity contribution in [2.24, 2.45) is 0 Å². The first-order valence-corrected chi connectivity index (χ1v) is 5.30. The Morgan fingerprint density at radius 3 is 1.86 bits per heavy atom. The average Bonchev–Trinajstić information content (AvgIpc) is 2.24. The molecule has 0 spiro atoms. The van der Waals surface area contributed by atoms with Gasteiger partial charge in [-0.2, -0.15) is 26.3 Å². The van der Waals surface area contributed by atoms with Crippen LogP contribution in [0.3, 0.4) is 0 Å². The van der Waals surface area contributed by atoms with Crippen molar-refractivity contribution in [3.8, 4) is 0 Å². The molecule has 11 heteroatoms. The lowest BCUT2D eigenvalue weighted by atomic mass is 9.75. The molecule has 0 bridgehead atoms. The number of hydrogen-bond donors (Lipinski definition) is 3. The molecule has 1 rings (SSSR count). The summed E-state index contributed by atoms with van der Waals surface area (Å²) >= 11 is 0. The van der Waals surface area contributed by atoms with E-state index in [0.717, 1.165) is 6.92 Å². The summed E-state index contributed by atoms with van der Waals surface area (Å²) in [6, 6.07) is -0.0439. The molecule has 21 heavy (non-hydrogen) atoms. The summed E-state index contributed by atoms with van der Waals surface area (Å²) in [5.41, 5.74) is -5.78. The normalized spacial score (nSPS) is 12.2. The van der Waals surface area contributed by atoms with Crippen LogP contribution < -0.4 is 10.8 Å². The van der Waals surface area contributed by atoms with Gasteiger partial charge < -0.3 is 15.4 Å². The Bertz CT molecular complexity index is 555. The number of rotatable bonds is 2. The summed E-state index contributed by atoms with van der Waals surface area (Å²) in [7, 11) is -2.66. The largest absolute Gasteiger partial charge is 0.489 e. The highest BCUT2D eigenvalue weighted by atomic mass is 19.4. The number of hydrogen-bond acceptors (Lipinski definition) is 3. The fourth-order valence-corrected chi connectivity index (χ4v) is 1.60. The van der Waals surface area contributed by atoms with Gasteiger partial charge in [-0.05, 0) is 17.6 Å². The van der Waals surface area contributed by atoms with Crippen LogP contribution in [-0.4, -0.2) is 23.1 Å². The quantitative estimate of drug-likeness (QED) is 0.570. The number of benzene rings is 1. The highest BCUT2D eigenvalue weighted by Gasteiger charge is 2.42. The van der Waals surface area contributed by atoms with Crippen molar-refractivity contribution in [1.29, 1.82) is 0 Å². The molecule has 3 N–H and O–H groups in total. The maximum atomic E-state index is 12.8. The van der Waals surface area contributed by atoms with Crippen molar-refractivity contribution in [1.82, 2.24) is 0 Å². The van der Waals surface area contributed by atoms with Gasteiger partial charge in [0.2, 0.25) is 5.91 Å². The van der Waals surface area contributed by atoms with Gasteiger partial charge in [0.05, 0.1) is 16.8 Å². The molecule has 0 atom stereocenters. The van der Waals surface area contributed by atoms with Gasteiger partial charge in [-0.15, -0.1) is 0 Å². The molecule has 0 aliphatic heterocycles. The number of halogens is 6. The molecule has 1 amide bonds. The third-order valence-electron chi connectivity index (χ3n) is 2.39. The van der Waals surface area contributed by atoms with Crippen molar-refractivity contribution in [3.05, 3.63) is 23.3 Å². The van der Waals surface area contributed by atoms with Gasteiger partial charge >= 0.3 is 19.5 Å². The second-order valence-electron chi connectivity index (χ2n) is 4.04. The first-order valence-electron chi connectivity index (χ1n) is 5.30. The van der Waals surface area contributed by atoms with Crippen molar-refractivity contribution >= 4 is 24.2 Å². The summed E-state index contributed by atoms with van der Waals surface area (Å²) in [5, 5.41) is 19.5. The predicted molar refractivity (Wildman–Crippen MR) is 60.6 cm³/mol. The Morgan fingerprint density at radius 2 is 1.52 bits per heavy atom. The molecular weight excluding hydrogens is 307 g/mol. The van der Waals surface area contributed by atoms with Gasteiger partial charge in [-0.3, -0.25) is 4.79 Å². The Kier molecular flexibility index (Phi) is 4.59. The lowest BCUT2D eigenvalue weighted by Gasteiger charge is -2.19. The van der Waals surface area contributed by atoms with Crippen LogP contribution in [0.1, 0.15) is 18.1 Å². The molecule has 0 aliphatic carbocycles. The topological polar surface area (TPSA) is 69.6 Å². The number of carbonyl (C=O) groups is 1. The molecule has 0 unspecified atom stereocenters. The minimum atomic E-state index is -5.23. The van der Waals surface area contributed by atoms with Crippen LogP contribution in [0.15, 0.2) is 12.1 Å². The molecule has 1 aromatic carbocycles. The Hall–Kier alpha value is -1.75. The maximum Gasteiger partial charge on any atom is 0.489 e. The van der Waals surface area contributed by atoms with E-state index in [2.05, 4.69) is 0 Å². The zero-order chi connectivity index (χ0) is 16.6.